The molecule has 240 valence electrons. The predicted octanol–water partition coefficient (Wildman–Crippen LogP) is 4.40. The Bertz CT molecular complexity index is 794. The molecule has 1 N–H and O–H groups in total. The van der Waals surface area contributed by atoms with Crippen molar-refractivity contribution in [1.29, 1.82) is 0 Å². The second-order valence-corrected chi connectivity index (χ2v) is 11.3. The number of H-pyrrole nitrogens is 1. The molecular formula is C33H61N3O5-2. The summed E-state index contributed by atoms with van der Waals surface area (Å²) in [5.74, 6) is -2.14. The number of aliphatic carboxylic acids is 2. The highest BCUT2D eigenvalue weighted by atomic mass is 16.4. The van der Waals surface area contributed by atoms with Gasteiger partial charge >= 0.3 is 0 Å². The number of carboxylic acid groups (broad SMARTS) is 2. The summed E-state index contributed by atoms with van der Waals surface area (Å²) in [5.41, 5.74) is 1.89. The molecule has 0 saturated heterocycles. The number of hydrogen-bond acceptors (Lipinski definition) is 7. The average Bonchev–Trinajstić information content (AvgIpc) is 2.93. The van der Waals surface area contributed by atoms with Crippen LogP contribution in [0, 0.1) is 11.8 Å². The van der Waals surface area contributed by atoms with Gasteiger partial charge in [-0.05, 0) is 77.7 Å². The Morgan fingerprint density at radius 3 is 1.46 bits per heavy atom. The van der Waals surface area contributed by atoms with Crippen molar-refractivity contribution in [2.24, 2.45) is 11.8 Å². The van der Waals surface area contributed by atoms with Gasteiger partial charge in [0.15, 0.2) is 0 Å². The Morgan fingerprint density at radius 2 is 1.17 bits per heavy atom. The fraction of sp³-hybridized carbons (Fsp3) is 0.788. The third-order valence-corrected chi connectivity index (χ3v) is 7.15. The van der Waals surface area contributed by atoms with Crippen LogP contribution >= 0.6 is 0 Å². The van der Waals surface area contributed by atoms with Crippen LogP contribution in [-0.4, -0.2) is 61.0 Å². The number of carboxylic acids is 2. The minimum Gasteiger partial charge on any atom is -0.550 e. The van der Waals surface area contributed by atoms with E-state index in [-0.39, 0.29) is 17.4 Å². The van der Waals surface area contributed by atoms with Crippen LogP contribution in [0.4, 0.5) is 0 Å². The van der Waals surface area contributed by atoms with Crippen LogP contribution in [-0.2, 0) is 22.6 Å². The van der Waals surface area contributed by atoms with E-state index in [1.54, 1.807) is 0 Å². The summed E-state index contributed by atoms with van der Waals surface area (Å²) in [6, 6.07) is 3.96. The van der Waals surface area contributed by atoms with Gasteiger partial charge in [0, 0.05) is 36.3 Å². The molecule has 0 aromatic carbocycles. The largest absolute Gasteiger partial charge is 0.550 e. The zero-order valence-electron chi connectivity index (χ0n) is 27.6. The van der Waals surface area contributed by atoms with Crippen molar-refractivity contribution in [2.75, 3.05) is 34.2 Å². The molecule has 0 aliphatic heterocycles. The summed E-state index contributed by atoms with van der Waals surface area (Å²) in [6.07, 6.45) is 12.2. The molecule has 1 aromatic heterocycles. The summed E-state index contributed by atoms with van der Waals surface area (Å²) in [4.78, 5) is 40.2. The molecule has 1 heterocycles. The Morgan fingerprint density at radius 1 is 0.756 bits per heavy atom. The number of carbonyl (C=O) groups excluding carboxylic acids is 2. The lowest BCUT2D eigenvalue weighted by Gasteiger charge is -2.16. The Hall–Kier alpha value is -2.19. The van der Waals surface area contributed by atoms with Crippen molar-refractivity contribution in [2.45, 2.75) is 125 Å². The Labute approximate surface area is 250 Å². The number of likely N-dealkylation sites (N-methyl/N-ethyl adjacent to an activating group) is 1. The van der Waals surface area contributed by atoms with Crippen LogP contribution in [0.25, 0.3) is 0 Å². The molecule has 0 unspecified atom stereocenters. The molecule has 0 fully saturated rings. The molecule has 0 aliphatic carbocycles. The minimum atomic E-state index is -0.864. The molecule has 0 bridgehead atoms. The predicted molar refractivity (Wildman–Crippen MR) is 166 cm³/mol. The zero-order chi connectivity index (χ0) is 31.6. The zero-order valence-corrected chi connectivity index (χ0v) is 27.6. The van der Waals surface area contributed by atoms with Crippen molar-refractivity contribution in [3.63, 3.8) is 0 Å². The summed E-state index contributed by atoms with van der Waals surface area (Å²) < 4.78 is 0. The first-order valence-electron chi connectivity index (χ1n) is 15.9. The molecule has 1 aromatic rings. The first-order valence-corrected chi connectivity index (χ1v) is 15.9. The first-order chi connectivity index (χ1) is 19.5. The number of aromatic nitrogens is 1. The molecule has 0 spiro atoms. The Balaban J connectivity index is 0. The van der Waals surface area contributed by atoms with Crippen LogP contribution in [0.15, 0.2) is 16.9 Å². The van der Waals surface area contributed by atoms with Crippen LogP contribution in [0.2, 0.25) is 0 Å². The van der Waals surface area contributed by atoms with Gasteiger partial charge < -0.3 is 34.6 Å². The van der Waals surface area contributed by atoms with E-state index >= 15 is 0 Å². The standard InChI is InChI=1S/C13H23N3O.2C10H20O2/c1-5-16(4)10-12-7-6-11(13(17)14-12)8-9-15(2)3;2*1-3-5-7-9(10(11)12)8-6-4-2/h6-7H,5,8-10H2,1-4H3,(H,14,17);2*9H,3-8H2,1-2H3,(H,11,12)/p-2. The SMILES string of the molecule is CCCCC(CCCC)C(=O)[O-].CCCCC(CCCC)C(=O)[O-].CCN(C)Cc1ccc(CCN(C)C)c(=O)[nH]1. The van der Waals surface area contributed by atoms with Gasteiger partial charge in [-0.25, -0.2) is 0 Å². The quantitative estimate of drug-likeness (QED) is 0.243. The lowest BCUT2D eigenvalue weighted by Crippen LogP contribution is -2.31. The summed E-state index contributed by atoms with van der Waals surface area (Å²) >= 11 is 0. The van der Waals surface area contributed by atoms with Crippen molar-refractivity contribution in [3.05, 3.63) is 33.7 Å². The van der Waals surface area contributed by atoms with Gasteiger partial charge in [-0.1, -0.05) is 92.1 Å². The van der Waals surface area contributed by atoms with Crippen LogP contribution in [0.1, 0.15) is 123 Å². The van der Waals surface area contributed by atoms with Gasteiger partial charge in [0.1, 0.15) is 0 Å². The molecule has 0 amide bonds. The first kappa shape index (κ1) is 40.9. The number of pyridine rings is 1. The third kappa shape index (κ3) is 23.1. The van der Waals surface area contributed by atoms with Crippen LogP contribution in [0.3, 0.4) is 0 Å². The Kier molecular flexibility index (Phi) is 26.7. The lowest BCUT2D eigenvalue weighted by atomic mass is 9.96. The molecule has 0 aliphatic rings. The molecule has 1 rings (SSSR count). The minimum absolute atomic E-state index is 0.0499. The van der Waals surface area contributed by atoms with Gasteiger partial charge in [-0.2, -0.15) is 0 Å². The number of nitrogens with zero attached hydrogens (tertiary/aromatic N) is 2. The van der Waals surface area contributed by atoms with E-state index in [9.17, 15) is 24.6 Å². The summed E-state index contributed by atoms with van der Waals surface area (Å²) in [6.45, 7) is 13.1. The van der Waals surface area contributed by atoms with Crippen molar-refractivity contribution in [1.82, 2.24) is 14.8 Å². The number of hydrogen-bond donors (Lipinski definition) is 1. The molecular weight excluding hydrogens is 518 g/mol. The second-order valence-electron chi connectivity index (χ2n) is 11.3. The maximum atomic E-state index is 11.8. The normalized spacial score (nSPS) is 10.9. The summed E-state index contributed by atoms with van der Waals surface area (Å²) in [7, 11) is 6.07. The van der Waals surface area contributed by atoms with E-state index in [0.717, 1.165) is 114 Å². The highest BCUT2D eigenvalue weighted by Crippen LogP contribution is 2.16. The number of aromatic amines is 1. The van der Waals surface area contributed by atoms with Gasteiger partial charge in [0.25, 0.3) is 5.56 Å². The monoisotopic (exact) mass is 579 g/mol. The van der Waals surface area contributed by atoms with E-state index in [1.807, 2.05) is 33.3 Å². The number of nitrogens with one attached hydrogen (secondary N) is 1. The summed E-state index contributed by atoms with van der Waals surface area (Å²) in [5, 5.41) is 21.2. The van der Waals surface area contributed by atoms with E-state index in [2.05, 4.69) is 49.4 Å². The number of unbranched alkanes of at least 4 members (excludes halogenated alkanes) is 4. The molecule has 8 nitrogen and oxygen atoms in total. The van der Waals surface area contributed by atoms with E-state index in [4.69, 9.17) is 0 Å². The van der Waals surface area contributed by atoms with Gasteiger partial charge in [-0.3, -0.25) is 4.79 Å². The van der Waals surface area contributed by atoms with E-state index in [1.165, 1.54) is 0 Å². The molecule has 8 heteroatoms. The van der Waals surface area contributed by atoms with Crippen molar-refractivity contribution in [3.8, 4) is 0 Å². The molecule has 0 radical (unpaired) electrons. The molecule has 41 heavy (non-hydrogen) atoms. The fourth-order valence-corrected chi connectivity index (χ4v) is 4.14. The van der Waals surface area contributed by atoms with Gasteiger partial charge in [0.2, 0.25) is 0 Å². The number of carbonyl (C=O) groups is 2. The maximum absolute atomic E-state index is 11.8. The highest BCUT2D eigenvalue weighted by Gasteiger charge is 2.09. The third-order valence-electron chi connectivity index (χ3n) is 7.15. The highest BCUT2D eigenvalue weighted by molar-refractivity contribution is 5.67. The topological polar surface area (TPSA) is 120 Å². The average molecular weight is 580 g/mol. The number of rotatable bonds is 20. The fourth-order valence-electron chi connectivity index (χ4n) is 4.14. The van der Waals surface area contributed by atoms with Crippen LogP contribution < -0.4 is 15.8 Å². The van der Waals surface area contributed by atoms with E-state index in [0.29, 0.717) is 0 Å². The van der Waals surface area contributed by atoms with Crippen molar-refractivity contribution < 1.29 is 19.8 Å². The maximum Gasteiger partial charge on any atom is 0.251 e. The van der Waals surface area contributed by atoms with E-state index < -0.39 is 11.9 Å². The van der Waals surface area contributed by atoms with Gasteiger partial charge in [-0.15, -0.1) is 0 Å². The van der Waals surface area contributed by atoms with Crippen molar-refractivity contribution >= 4 is 11.9 Å². The molecule has 0 atom stereocenters. The smallest absolute Gasteiger partial charge is 0.251 e. The molecule has 0 saturated carbocycles. The lowest BCUT2D eigenvalue weighted by molar-refractivity contribution is -0.313. The second kappa shape index (κ2) is 26.7. The van der Waals surface area contributed by atoms with Gasteiger partial charge in [0.05, 0.1) is 0 Å². The van der Waals surface area contributed by atoms with Crippen LogP contribution in [0.5, 0.6) is 0 Å².